The highest BCUT2D eigenvalue weighted by Crippen LogP contribution is 2.21. The first-order valence-electron chi connectivity index (χ1n) is 6.18. The maximum Gasteiger partial charge on any atom is 0.00186 e. The SMILES string of the molecule is CC[C@@H](/C=C/c1ccccc1)c1ccccc1. The molecule has 0 saturated heterocycles. The van der Waals surface area contributed by atoms with Crippen molar-refractivity contribution in [1.82, 2.24) is 0 Å². The number of hydrogen-bond acceptors (Lipinski definition) is 0. The summed E-state index contributed by atoms with van der Waals surface area (Å²) in [6.45, 7) is 2.23. The average Bonchev–Trinajstić information content (AvgIpc) is 2.42. The smallest absolute Gasteiger partial charge is 0.00186 e. The van der Waals surface area contributed by atoms with Crippen LogP contribution in [0.5, 0.6) is 0 Å². The second-order valence-electron chi connectivity index (χ2n) is 4.20. The zero-order valence-electron chi connectivity index (χ0n) is 10.2. The van der Waals surface area contributed by atoms with E-state index < -0.39 is 0 Å². The van der Waals surface area contributed by atoms with Gasteiger partial charge < -0.3 is 0 Å². The highest BCUT2D eigenvalue weighted by atomic mass is 14.1. The Hall–Kier alpha value is -1.82. The van der Waals surface area contributed by atoms with Crippen molar-refractivity contribution in [2.75, 3.05) is 0 Å². The Morgan fingerprint density at radius 3 is 2.06 bits per heavy atom. The summed E-state index contributed by atoms with van der Waals surface area (Å²) in [7, 11) is 0. The van der Waals surface area contributed by atoms with Crippen LogP contribution in [-0.2, 0) is 0 Å². The molecule has 1 atom stereocenters. The first kappa shape index (κ1) is 11.7. The Balaban J connectivity index is 2.14. The van der Waals surface area contributed by atoms with Crippen LogP contribution in [0.15, 0.2) is 66.7 Å². The van der Waals surface area contributed by atoms with Crippen LogP contribution in [0.25, 0.3) is 6.08 Å². The molecule has 0 N–H and O–H groups in total. The Bertz CT molecular complexity index is 454. The zero-order valence-corrected chi connectivity index (χ0v) is 10.2. The molecule has 0 aliphatic carbocycles. The van der Waals surface area contributed by atoms with Crippen molar-refractivity contribution < 1.29 is 0 Å². The average molecular weight is 222 g/mol. The van der Waals surface area contributed by atoms with Gasteiger partial charge in [0.2, 0.25) is 0 Å². The van der Waals surface area contributed by atoms with E-state index in [1.54, 1.807) is 0 Å². The van der Waals surface area contributed by atoms with Gasteiger partial charge >= 0.3 is 0 Å². The van der Waals surface area contributed by atoms with E-state index in [2.05, 4.69) is 73.7 Å². The quantitative estimate of drug-likeness (QED) is 0.690. The molecule has 0 unspecified atom stereocenters. The third kappa shape index (κ3) is 3.32. The van der Waals surface area contributed by atoms with E-state index in [0.29, 0.717) is 5.92 Å². The van der Waals surface area contributed by atoms with Gasteiger partial charge in [0, 0.05) is 5.92 Å². The van der Waals surface area contributed by atoms with E-state index in [1.807, 2.05) is 6.07 Å². The molecule has 0 fully saturated rings. The number of benzene rings is 2. The molecular weight excluding hydrogens is 204 g/mol. The molecule has 0 aliphatic heterocycles. The monoisotopic (exact) mass is 222 g/mol. The summed E-state index contributed by atoms with van der Waals surface area (Å²) < 4.78 is 0. The summed E-state index contributed by atoms with van der Waals surface area (Å²) in [5, 5.41) is 0. The summed E-state index contributed by atoms with van der Waals surface area (Å²) in [5.74, 6) is 0.511. The lowest BCUT2D eigenvalue weighted by Gasteiger charge is -2.10. The van der Waals surface area contributed by atoms with E-state index in [-0.39, 0.29) is 0 Å². The molecule has 0 bridgehead atoms. The minimum atomic E-state index is 0.511. The zero-order chi connectivity index (χ0) is 11.9. The molecule has 0 nitrogen and oxygen atoms in total. The molecule has 0 saturated carbocycles. The van der Waals surface area contributed by atoms with Gasteiger partial charge in [-0.05, 0) is 17.5 Å². The number of rotatable bonds is 4. The van der Waals surface area contributed by atoms with E-state index in [4.69, 9.17) is 0 Å². The fraction of sp³-hybridized carbons (Fsp3) is 0.176. The lowest BCUT2D eigenvalue weighted by Crippen LogP contribution is -1.92. The number of allylic oxidation sites excluding steroid dienone is 1. The van der Waals surface area contributed by atoms with Gasteiger partial charge in [0.25, 0.3) is 0 Å². The predicted octanol–water partition coefficient (Wildman–Crippen LogP) is 4.89. The Morgan fingerprint density at radius 1 is 0.882 bits per heavy atom. The Kier molecular flexibility index (Phi) is 4.15. The van der Waals surface area contributed by atoms with E-state index in [1.165, 1.54) is 11.1 Å². The van der Waals surface area contributed by atoms with Gasteiger partial charge in [-0.1, -0.05) is 79.7 Å². The summed E-state index contributed by atoms with van der Waals surface area (Å²) in [6.07, 6.45) is 5.64. The van der Waals surface area contributed by atoms with Crippen molar-refractivity contribution in [1.29, 1.82) is 0 Å². The standard InChI is InChI=1S/C17H18/c1-2-16(17-11-7-4-8-12-17)14-13-15-9-5-3-6-10-15/h3-14,16H,2H2,1H3/b14-13+/t16-/m0/s1. The minimum absolute atomic E-state index is 0.511. The molecule has 0 spiro atoms. The lowest BCUT2D eigenvalue weighted by atomic mass is 9.95. The molecular formula is C17H18. The van der Waals surface area contributed by atoms with Gasteiger partial charge in [0.05, 0.1) is 0 Å². The summed E-state index contributed by atoms with van der Waals surface area (Å²) in [6, 6.07) is 21.1. The molecule has 2 aromatic rings. The van der Waals surface area contributed by atoms with Crippen molar-refractivity contribution in [3.05, 3.63) is 77.9 Å². The summed E-state index contributed by atoms with van der Waals surface area (Å²) >= 11 is 0. The van der Waals surface area contributed by atoms with Crippen molar-refractivity contribution >= 4 is 6.08 Å². The second kappa shape index (κ2) is 6.05. The van der Waals surface area contributed by atoms with Crippen LogP contribution in [0, 0.1) is 0 Å². The van der Waals surface area contributed by atoms with Gasteiger partial charge in [0.15, 0.2) is 0 Å². The van der Waals surface area contributed by atoms with Gasteiger partial charge in [-0.2, -0.15) is 0 Å². The van der Waals surface area contributed by atoms with E-state index in [0.717, 1.165) is 6.42 Å². The first-order chi connectivity index (χ1) is 8.40. The Morgan fingerprint density at radius 2 is 1.47 bits per heavy atom. The predicted molar refractivity (Wildman–Crippen MR) is 75.0 cm³/mol. The van der Waals surface area contributed by atoms with Gasteiger partial charge in [-0.25, -0.2) is 0 Å². The molecule has 0 heteroatoms. The van der Waals surface area contributed by atoms with Crippen LogP contribution in [0.4, 0.5) is 0 Å². The largest absolute Gasteiger partial charge is 0.0764 e. The molecule has 2 rings (SSSR count). The Labute approximate surface area is 104 Å². The van der Waals surface area contributed by atoms with Gasteiger partial charge in [0.1, 0.15) is 0 Å². The molecule has 0 amide bonds. The van der Waals surface area contributed by atoms with Crippen LogP contribution in [0.2, 0.25) is 0 Å². The van der Waals surface area contributed by atoms with Crippen LogP contribution in [0.3, 0.4) is 0 Å². The van der Waals surface area contributed by atoms with Crippen molar-refractivity contribution in [2.24, 2.45) is 0 Å². The fourth-order valence-corrected chi connectivity index (χ4v) is 1.97. The van der Waals surface area contributed by atoms with Crippen molar-refractivity contribution in [3.63, 3.8) is 0 Å². The second-order valence-corrected chi connectivity index (χ2v) is 4.20. The molecule has 0 aromatic heterocycles. The third-order valence-electron chi connectivity index (χ3n) is 2.99. The molecule has 17 heavy (non-hydrogen) atoms. The molecule has 0 radical (unpaired) electrons. The van der Waals surface area contributed by atoms with Crippen molar-refractivity contribution in [3.8, 4) is 0 Å². The summed E-state index contributed by atoms with van der Waals surface area (Å²) in [5.41, 5.74) is 2.66. The summed E-state index contributed by atoms with van der Waals surface area (Å²) in [4.78, 5) is 0. The number of hydrogen-bond donors (Lipinski definition) is 0. The van der Waals surface area contributed by atoms with Crippen molar-refractivity contribution in [2.45, 2.75) is 19.3 Å². The molecule has 2 aromatic carbocycles. The highest BCUT2D eigenvalue weighted by Gasteiger charge is 2.03. The highest BCUT2D eigenvalue weighted by molar-refractivity contribution is 5.50. The van der Waals surface area contributed by atoms with E-state index >= 15 is 0 Å². The van der Waals surface area contributed by atoms with E-state index in [9.17, 15) is 0 Å². The van der Waals surface area contributed by atoms with Gasteiger partial charge in [-0.3, -0.25) is 0 Å². The van der Waals surface area contributed by atoms with Crippen LogP contribution >= 0.6 is 0 Å². The van der Waals surface area contributed by atoms with Crippen LogP contribution in [0.1, 0.15) is 30.4 Å². The maximum atomic E-state index is 2.30. The minimum Gasteiger partial charge on any atom is -0.0764 e. The normalized spacial score (nSPS) is 12.8. The lowest BCUT2D eigenvalue weighted by molar-refractivity contribution is 0.808. The fourth-order valence-electron chi connectivity index (χ4n) is 1.97. The molecule has 0 aliphatic rings. The third-order valence-corrected chi connectivity index (χ3v) is 2.99. The van der Waals surface area contributed by atoms with Crippen LogP contribution < -0.4 is 0 Å². The molecule has 0 heterocycles. The van der Waals surface area contributed by atoms with Gasteiger partial charge in [-0.15, -0.1) is 0 Å². The van der Waals surface area contributed by atoms with Crippen LogP contribution in [-0.4, -0.2) is 0 Å². The molecule has 86 valence electrons. The maximum absolute atomic E-state index is 2.30. The first-order valence-corrected chi connectivity index (χ1v) is 6.18. The topological polar surface area (TPSA) is 0 Å².